The van der Waals surface area contributed by atoms with Crippen molar-refractivity contribution in [2.24, 2.45) is 5.92 Å². The van der Waals surface area contributed by atoms with E-state index in [-0.39, 0.29) is 11.1 Å². The van der Waals surface area contributed by atoms with E-state index in [2.05, 4.69) is 30.6 Å². The van der Waals surface area contributed by atoms with Gasteiger partial charge in [0.2, 0.25) is 0 Å². The second-order valence-corrected chi connectivity index (χ2v) is 6.32. The first kappa shape index (κ1) is 12.1. The van der Waals surface area contributed by atoms with E-state index in [0.29, 0.717) is 5.92 Å². The lowest BCUT2D eigenvalue weighted by molar-refractivity contribution is 0.483. The highest BCUT2D eigenvalue weighted by Gasteiger charge is 2.30. The molecule has 16 heavy (non-hydrogen) atoms. The second kappa shape index (κ2) is 4.85. The molecule has 2 rings (SSSR count). The highest BCUT2D eigenvalue weighted by Crippen LogP contribution is 2.28. The molecule has 0 aliphatic heterocycles. The van der Waals surface area contributed by atoms with E-state index in [1.165, 1.54) is 12.5 Å². The van der Waals surface area contributed by atoms with E-state index in [4.69, 9.17) is 0 Å². The van der Waals surface area contributed by atoms with Crippen LogP contribution < -0.4 is 4.72 Å². The number of alkyl halides is 1. The Kier molecular flexibility index (Phi) is 3.66. The molecule has 1 heterocycles. The van der Waals surface area contributed by atoms with Crippen LogP contribution in [-0.2, 0) is 10.0 Å². The van der Waals surface area contributed by atoms with E-state index >= 15 is 0 Å². The van der Waals surface area contributed by atoms with Crippen LogP contribution in [0, 0.1) is 5.92 Å². The van der Waals surface area contributed by atoms with Gasteiger partial charge in [-0.3, -0.25) is 0 Å². The predicted octanol–water partition coefficient (Wildman–Crippen LogP) is 1.25. The molecule has 1 aromatic rings. The SMILES string of the molecule is O=S(=O)(NC1CCCC1CBr)c1cnc[nH]1. The van der Waals surface area contributed by atoms with Crippen LogP contribution in [0.25, 0.3) is 0 Å². The number of imidazole rings is 1. The van der Waals surface area contributed by atoms with Gasteiger partial charge in [0.1, 0.15) is 0 Å². The van der Waals surface area contributed by atoms with Crippen LogP contribution in [0.2, 0.25) is 0 Å². The molecule has 2 atom stereocenters. The Bertz CT molecular complexity index is 432. The average molecular weight is 308 g/mol. The number of H-pyrrole nitrogens is 1. The van der Waals surface area contributed by atoms with Crippen molar-refractivity contribution in [3.63, 3.8) is 0 Å². The van der Waals surface area contributed by atoms with Gasteiger partial charge in [0.15, 0.2) is 5.03 Å². The summed E-state index contributed by atoms with van der Waals surface area (Å²) in [4.78, 5) is 6.33. The van der Waals surface area contributed by atoms with E-state index in [1.54, 1.807) is 0 Å². The summed E-state index contributed by atoms with van der Waals surface area (Å²) in [7, 11) is -3.43. The van der Waals surface area contributed by atoms with Crippen LogP contribution in [0.15, 0.2) is 17.6 Å². The number of hydrogen-bond acceptors (Lipinski definition) is 3. The molecule has 7 heteroatoms. The van der Waals surface area contributed by atoms with Crippen LogP contribution in [-0.4, -0.2) is 29.8 Å². The highest BCUT2D eigenvalue weighted by molar-refractivity contribution is 9.09. The molecule has 5 nitrogen and oxygen atoms in total. The summed E-state index contributed by atoms with van der Waals surface area (Å²) in [6.45, 7) is 0. The number of nitrogens with zero attached hydrogens (tertiary/aromatic N) is 1. The number of halogens is 1. The lowest BCUT2D eigenvalue weighted by Gasteiger charge is -2.18. The lowest BCUT2D eigenvalue weighted by atomic mass is 10.1. The lowest BCUT2D eigenvalue weighted by Crippen LogP contribution is -2.38. The molecule has 2 N–H and O–H groups in total. The van der Waals surface area contributed by atoms with Crippen molar-refractivity contribution in [3.8, 4) is 0 Å². The third kappa shape index (κ3) is 2.46. The van der Waals surface area contributed by atoms with Crippen molar-refractivity contribution < 1.29 is 8.42 Å². The van der Waals surface area contributed by atoms with E-state index < -0.39 is 10.0 Å². The minimum absolute atomic E-state index is 0.0349. The Morgan fingerprint density at radius 2 is 2.38 bits per heavy atom. The molecule has 0 bridgehead atoms. The summed E-state index contributed by atoms with van der Waals surface area (Å²) < 4.78 is 26.6. The van der Waals surface area contributed by atoms with Crippen molar-refractivity contribution in [2.45, 2.75) is 30.3 Å². The van der Waals surface area contributed by atoms with E-state index in [9.17, 15) is 8.42 Å². The fourth-order valence-electron chi connectivity index (χ4n) is 2.03. The summed E-state index contributed by atoms with van der Waals surface area (Å²) in [5, 5.41) is 0.969. The Morgan fingerprint density at radius 1 is 1.56 bits per heavy atom. The van der Waals surface area contributed by atoms with Gasteiger partial charge in [-0.1, -0.05) is 22.4 Å². The Balaban J connectivity index is 2.10. The normalized spacial score (nSPS) is 26.1. The largest absolute Gasteiger partial charge is 0.335 e. The molecule has 1 fully saturated rings. The zero-order chi connectivity index (χ0) is 11.6. The van der Waals surface area contributed by atoms with Crippen LogP contribution in [0.3, 0.4) is 0 Å². The molecule has 0 spiro atoms. The van der Waals surface area contributed by atoms with Gasteiger partial charge < -0.3 is 4.98 Å². The van der Waals surface area contributed by atoms with Gasteiger partial charge in [0, 0.05) is 11.4 Å². The maximum absolute atomic E-state index is 11.9. The van der Waals surface area contributed by atoms with Crippen molar-refractivity contribution in [1.82, 2.24) is 14.7 Å². The van der Waals surface area contributed by atoms with Gasteiger partial charge in [-0.2, -0.15) is 0 Å². The molecule has 1 saturated carbocycles. The Morgan fingerprint density at radius 3 is 3.00 bits per heavy atom. The maximum Gasteiger partial charge on any atom is 0.257 e. The fourth-order valence-corrected chi connectivity index (χ4v) is 4.05. The molecule has 0 amide bonds. The number of nitrogens with one attached hydrogen (secondary N) is 2. The second-order valence-electron chi connectivity index (χ2n) is 3.99. The van der Waals surface area contributed by atoms with Gasteiger partial charge >= 0.3 is 0 Å². The van der Waals surface area contributed by atoms with Crippen LogP contribution in [0.4, 0.5) is 0 Å². The molecule has 90 valence electrons. The first-order valence-corrected chi connectivity index (χ1v) is 7.80. The predicted molar refractivity (Wildman–Crippen MR) is 63.8 cm³/mol. The monoisotopic (exact) mass is 307 g/mol. The molecule has 0 aromatic carbocycles. The average Bonchev–Trinajstić information content (AvgIpc) is 2.86. The third-order valence-electron chi connectivity index (χ3n) is 2.93. The van der Waals surface area contributed by atoms with Crippen molar-refractivity contribution in [2.75, 3.05) is 5.33 Å². The van der Waals surface area contributed by atoms with Crippen LogP contribution >= 0.6 is 15.9 Å². The first-order valence-electron chi connectivity index (χ1n) is 5.20. The molecule has 2 unspecified atom stereocenters. The Labute approximate surface area is 103 Å². The molecule has 1 aliphatic rings. The zero-order valence-corrected chi connectivity index (χ0v) is 11.1. The van der Waals surface area contributed by atoms with Crippen molar-refractivity contribution in [1.29, 1.82) is 0 Å². The summed E-state index contributed by atoms with van der Waals surface area (Å²) in [5.74, 6) is 0.387. The van der Waals surface area contributed by atoms with E-state index in [0.717, 1.165) is 24.6 Å². The molecule has 0 saturated heterocycles. The molecule has 1 aliphatic carbocycles. The van der Waals surface area contributed by atoms with Crippen molar-refractivity contribution >= 4 is 26.0 Å². The van der Waals surface area contributed by atoms with Crippen molar-refractivity contribution in [3.05, 3.63) is 12.5 Å². The quantitative estimate of drug-likeness (QED) is 0.822. The summed E-state index contributed by atoms with van der Waals surface area (Å²) >= 11 is 3.42. The zero-order valence-electron chi connectivity index (χ0n) is 8.69. The number of aromatic amines is 1. The number of rotatable bonds is 4. The van der Waals surface area contributed by atoms with Gasteiger partial charge in [-0.15, -0.1) is 0 Å². The van der Waals surface area contributed by atoms with Gasteiger partial charge in [-0.25, -0.2) is 18.1 Å². The highest BCUT2D eigenvalue weighted by atomic mass is 79.9. The minimum Gasteiger partial charge on any atom is -0.335 e. The minimum atomic E-state index is -3.43. The topological polar surface area (TPSA) is 74.8 Å². The first-order chi connectivity index (χ1) is 7.63. The van der Waals surface area contributed by atoms with Gasteiger partial charge in [-0.05, 0) is 18.8 Å². The number of hydrogen-bond donors (Lipinski definition) is 2. The summed E-state index contributed by atoms with van der Waals surface area (Å²) in [6.07, 6.45) is 5.74. The molecular weight excluding hydrogens is 294 g/mol. The molecule has 0 radical (unpaired) electrons. The van der Waals surface area contributed by atoms with E-state index in [1.807, 2.05) is 0 Å². The number of sulfonamides is 1. The molecular formula is C9H14BrN3O2S. The number of aromatic nitrogens is 2. The van der Waals surface area contributed by atoms with Gasteiger partial charge in [0.25, 0.3) is 10.0 Å². The summed E-state index contributed by atoms with van der Waals surface area (Å²) in [5.41, 5.74) is 0. The third-order valence-corrected chi connectivity index (χ3v) is 5.17. The smallest absolute Gasteiger partial charge is 0.257 e. The maximum atomic E-state index is 11.9. The van der Waals surface area contributed by atoms with Crippen LogP contribution in [0.1, 0.15) is 19.3 Å². The summed E-state index contributed by atoms with van der Waals surface area (Å²) in [6, 6.07) is 0.0349. The van der Waals surface area contributed by atoms with Crippen LogP contribution in [0.5, 0.6) is 0 Å². The Hall–Kier alpha value is -0.400. The van der Waals surface area contributed by atoms with Gasteiger partial charge in [0.05, 0.1) is 12.5 Å². The molecule has 1 aromatic heterocycles. The fraction of sp³-hybridized carbons (Fsp3) is 0.667. The standard InChI is InChI=1S/C9H14BrN3O2S/c10-4-7-2-1-3-8(7)13-16(14,15)9-5-11-6-12-9/h5-8,13H,1-4H2,(H,11,12).